The van der Waals surface area contributed by atoms with Gasteiger partial charge in [-0.25, -0.2) is 17.5 Å². The summed E-state index contributed by atoms with van der Waals surface area (Å²) in [6.45, 7) is 4.54. The van der Waals surface area contributed by atoms with Crippen LogP contribution in [0.2, 0.25) is 0 Å². The van der Waals surface area contributed by atoms with E-state index in [1.165, 1.54) is 12.1 Å². The smallest absolute Gasteiger partial charge is 0.241 e. The van der Waals surface area contributed by atoms with Gasteiger partial charge in [-0.1, -0.05) is 0 Å². The Morgan fingerprint density at radius 3 is 2.20 bits per heavy atom. The lowest BCUT2D eigenvalue weighted by molar-refractivity contribution is 0.394. The van der Waals surface area contributed by atoms with Crippen LogP contribution in [-0.2, 0) is 10.0 Å². The molecule has 4 nitrogen and oxygen atoms in total. The summed E-state index contributed by atoms with van der Waals surface area (Å²) >= 11 is 0. The van der Waals surface area contributed by atoms with E-state index in [0.717, 1.165) is 19.4 Å². The predicted octanol–water partition coefficient (Wildman–Crippen LogP) is 2.06. The highest BCUT2D eigenvalue weighted by Crippen LogP contribution is 2.21. The summed E-state index contributed by atoms with van der Waals surface area (Å²) in [4.78, 5) is 2.24. The maximum atomic E-state index is 13.2. The van der Waals surface area contributed by atoms with Crippen molar-refractivity contribution >= 4 is 10.0 Å². The molecule has 1 aromatic rings. The van der Waals surface area contributed by atoms with Crippen LogP contribution in [0.1, 0.15) is 24.0 Å². The quantitative estimate of drug-likeness (QED) is 0.784. The van der Waals surface area contributed by atoms with Gasteiger partial charge in [0, 0.05) is 6.54 Å². The van der Waals surface area contributed by atoms with Crippen molar-refractivity contribution in [3.8, 4) is 0 Å². The fourth-order valence-corrected chi connectivity index (χ4v) is 3.68. The second-order valence-electron chi connectivity index (χ2n) is 5.28. The van der Waals surface area contributed by atoms with Gasteiger partial charge in [-0.2, -0.15) is 0 Å². The maximum Gasteiger partial charge on any atom is 0.241 e. The third-order valence-electron chi connectivity index (χ3n) is 3.02. The minimum atomic E-state index is -3.57. The van der Waals surface area contributed by atoms with Crippen molar-refractivity contribution < 1.29 is 12.8 Å². The molecule has 0 saturated carbocycles. The fourth-order valence-electron chi connectivity index (χ4n) is 2.15. The van der Waals surface area contributed by atoms with Crippen LogP contribution in [-0.4, -0.2) is 40.5 Å². The molecule has 0 spiro atoms. The summed E-state index contributed by atoms with van der Waals surface area (Å²) < 4.78 is 40.3. The van der Waals surface area contributed by atoms with Gasteiger partial charge in [-0.15, -0.1) is 0 Å². The van der Waals surface area contributed by atoms with Gasteiger partial charge < -0.3 is 4.90 Å². The van der Waals surface area contributed by atoms with Crippen molar-refractivity contribution in [1.82, 2.24) is 9.62 Å². The zero-order valence-corrected chi connectivity index (χ0v) is 13.3. The van der Waals surface area contributed by atoms with Crippen LogP contribution >= 0.6 is 0 Å². The summed E-state index contributed by atoms with van der Waals surface area (Å²) in [5.74, 6) is -0.412. The highest BCUT2D eigenvalue weighted by molar-refractivity contribution is 7.89. The van der Waals surface area contributed by atoms with Crippen molar-refractivity contribution in [2.24, 2.45) is 0 Å². The number of nitrogens with one attached hydrogen (secondary N) is 1. The molecule has 1 aromatic carbocycles. The third kappa shape index (κ3) is 4.85. The molecule has 0 aliphatic carbocycles. The van der Waals surface area contributed by atoms with Crippen LogP contribution in [0.5, 0.6) is 0 Å². The zero-order chi connectivity index (χ0) is 15.3. The SMILES string of the molecule is Cc1cc(F)cc(C)c1S(=O)(=O)NCCCCN(C)C. The molecule has 0 amide bonds. The molecule has 0 bridgehead atoms. The molecule has 0 radical (unpaired) electrons. The highest BCUT2D eigenvalue weighted by Gasteiger charge is 2.19. The Labute approximate surface area is 121 Å². The van der Waals surface area contributed by atoms with E-state index in [0.29, 0.717) is 17.7 Å². The fraction of sp³-hybridized carbons (Fsp3) is 0.571. The van der Waals surface area contributed by atoms with Crippen LogP contribution in [0.3, 0.4) is 0 Å². The number of halogens is 1. The van der Waals surface area contributed by atoms with Crippen molar-refractivity contribution in [2.45, 2.75) is 31.6 Å². The number of sulfonamides is 1. The van der Waals surface area contributed by atoms with Gasteiger partial charge in [0.15, 0.2) is 0 Å². The standard InChI is InChI=1S/C14H23FN2O2S/c1-11-9-13(15)10-12(2)14(11)20(18,19)16-7-5-6-8-17(3)4/h9-10,16H,5-8H2,1-4H3. The summed E-state index contributed by atoms with van der Waals surface area (Å²) in [6.07, 6.45) is 1.70. The average Bonchev–Trinajstić information content (AvgIpc) is 2.25. The molecular formula is C14H23FN2O2S. The molecule has 6 heteroatoms. The molecule has 1 N–H and O–H groups in total. The molecule has 20 heavy (non-hydrogen) atoms. The molecule has 114 valence electrons. The van der Waals surface area contributed by atoms with E-state index in [1.54, 1.807) is 13.8 Å². The second kappa shape index (κ2) is 7.15. The van der Waals surface area contributed by atoms with Crippen LogP contribution in [0.25, 0.3) is 0 Å². The number of hydrogen-bond donors (Lipinski definition) is 1. The molecule has 0 heterocycles. The Kier molecular flexibility index (Phi) is 6.10. The van der Waals surface area contributed by atoms with Gasteiger partial charge in [0.25, 0.3) is 0 Å². The van der Waals surface area contributed by atoms with Crippen molar-refractivity contribution in [1.29, 1.82) is 0 Å². The number of hydrogen-bond acceptors (Lipinski definition) is 3. The Morgan fingerprint density at radius 1 is 1.15 bits per heavy atom. The zero-order valence-electron chi connectivity index (χ0n) is 12.5. The summed E-state index contributed by atoms with van der Waals surface area (Å²) in [7, 11) is 0.394. The molecule has 0 aliphatic heterocycles. The molecule has 0 aromatic heterocycles. The van der Waals surface area contributed by atoms with Crippen LogP contribution in [0.4, 0.5) is 4.39 Å². The molecule has 0 fully saturated rings. The Hall–Kier alpha value is -0.980. The monoisotopic (exact) mass is 302 g/mol. The lowest BCUT2D eigenvalue weighted by Gasteiger charge is -2.13. The first kappa shape index (κ1) is 17.1. The van der Waals surface area contributed by atoms with Gasteiger partial charge in [0.1, 0.15) is 5.82 Å². The molecular weight excluding hydrogens is 279 g/mol. The van der Waals surface area contributed by atoms with E-state index in [2.05, 4.69) is 9.62 Å². The van der Waals surface area contributed by atoms with Gasteiger partial charge in [-0.05, 0) is 70.6 Å². The van der Waals surface area contributed by atoms with Crippen LogP contribution < -0.4 is 4.72 Å². The van der Waals surface area contributed by atoms with E-state index >= 15 is 0 Å². The summed E-state index contributed by atoms with van der Waals surface area (Å²) in [6, 6.07) is 2.49. The second-order valence-corrected chi connectivity index (χ2v) is 6.98. The number of rotatable bonds is 7. The van der Waals surface area contributed by atoms with Gasteiger partial charge in [-0.3, -0.25) is 0 Å². The normalized spacial score (nSPS) is 12.1. The first-order valence-electron chi connectivity index (χ1n) is 6.65. The lowest BCUT2D eigenvalue weighted by atomic mass is 10.1. The highest BCUT2D eigenvalue weighted by atomic mass is 32.2. The number of unbranched alkanes of at least 4 members (excludes halogenated alkanes) is 1. The topological polar surface area (TPSA) is 49.4 Å². The predicted molar refractivity (Wildman–Crippen MR) is 78.9 cm³/mol. The molecule has 0 saturated heterocycles. The largest absolute Gasteiger partial charge is 0.309 e. The van der Waals surface area contributed by atoms with Crippen molar-refractivity contribution in [2.75, 3.05) is 27.2 Å². The molecule has 1 rings (SSSR count). The van der Waals surface area contributed by atoms with E-state index in [-0.39, 0.29) is 4.90 Å². The first-order valence-corrected chi connectivity index (χ1v) is 8.13. The van der Waals surface area contributed by atoms with Crippen LogP contribution in [0.15, 0.2) is 17.0 Å². The number of aryl methyl sites for hydroxylation is 2. The summed E-state index contributed by atoms with van der Waals surface area (Å²) in [5, 5.41) is 0. The first-order chi connectivity index (χ1) is 9.24. The van der Waals surface area contributed by atoms with E-state index in [1.807, 2.05) is 14.1 Å². The van der Waals surface area contributed by atoms with E-state index < -0.39 is 15.8 Å². The Bertz CT molecular complexity index is 533. The average molecular weight is 302 g/mol. The minimum absolute atomic E-state index is 0.187. The molecule has 0 atom stereocenters. The van der Waals surface area contributed by atoms with Crippen molar-refractivity contribution in [3.63, 3.8) is 0 Å². The van der Waals surface area contributed by atoms with E-state index in [9.17, 15) is 12.8 Å². The lowest BCUT2D eigenvalue weighted by Crippen LogP contribution is -2.27. The van der Waals surface area contributed by atoms with Crippen molar-refractivity contribution in [3.05, 3.63) is 29.1 Å². The van der Waals surface area contributed by atoms with Crippen LogP contribution in [0, 0.1) is 19.7 Å². The molecule has 0 unspecified atom stereocenters. The summed E-state index contributed by atoms with van der Waals surface area (Å²) in [5.41, 5.74) is 0.867. The minimum Gasteiger partial charge on any atom is -0.309 e. The van der Waals surface area contributed by atoms with Gasteiger partial charge >= 0.3 is 0 Å². The number of nitrogens with zero attached hydrogens (tertiary/aromatic N) is 1. The Balaban J connectivity index is 2.70. The molecule has 0 aliphatic rings. The third-order valence-corrected chi connectivity index (χ3v) is 4.78. The Morgan fingerprint density at radius 2 is 1.70 bits per heavy atom. The maximum absolute atomic E-state index is 13.2. The van der Waals surface area contributed by atoms with Gasteiger partial charge in [0.2, 0.25) is 10.0 Å². The van der Waals surface area contributed by atoms with Gasteiger partial charge in [0.05, 0.1) is 4.90 Å². The van der Waals surface area contributed by atoms with E-state index in [4.69, 9.17) is 0 Å². The number of benzene rings is 1.